The second-order valence-corrected chi connectivity index (χ2v) is 5.46. The molecule has 4 rings (SSSR count). The maximum absolute atomic E-state index is 2.34. The molecule has 102 valence electrons. The maximum Gasteiger partial charge on any atom is -0.0300 e. The van der Waals surface area contributed by atoms with Crippen molar-refractivity contribution in [2.45, 2.75) is 5.41 Å². The quantitative estimate of drug-likeness (QED) is 0.685. The van der Waals surface area contributed by atoms with Gasteiger partial charge in [0.2, 0.25) is 0 Å². The summed E-state index contributed by atoms with van der Waals surface area (Å²) in [5.41, 5.74) is 3.83. The van der Waals surface area contributed by atoms with E-state index in [0.29, 0.717) is 0 Å². The second-order valence-electron chi connectivity index (χ2n) is 5.46. The lowest BCUT2D eigenvalue weighted by molar-refractivity contribution is 0.779. The van der Waals surface area contributed by atoms with Gasteiger partial charge in [0, 0.05) is 0 Å². The highest BCUT2D eigenvalue weighted by Crippen LogP contribution is 2.50. The first-order valence-corrected chi connectivity index (χ1v) is 7.31. The Hall–Kier alpha value is -2.60. The highest BCUT2D eigenvalue weighted by Gasteiger charge is 2.32. The van der Waals surface area contributed by atoms with Crippen molar-refractivity contribution in [2.75, 3.05) is 0 Å². The van der Waals surface area contributed by atoms with E-state index in [1.54, 1.807) is 0 Å². The minimum absolute atomic E-state index is 0.168. The average molecular weight is 268 g/mol. The van der Waals surface area contributed by atoms with Crippen molar-refractivity contribution in [3.63, 3.8) is 0 Å². The van der Waals surface area contributed by atoms with Crippen LogP contribution < -0.4 is 0 Å². The number of fused-ring (bicyclic) bond motifs is 1. The topological polar surface area (TPSA) is 0 Å². The van der Waals surface area contributed by atoms with Crippen LogP contribution >= 0.6 is 0 Å². The van der Waals surface area contributed by atoms with Crippen LogP contribution in [0, 0.1) is 12.3 Å². The zero-order valence-corrected chi connectivity index (χ0v) is 11.7. The third-order valence-electron chi connectivity index (χ3n) is 4.36. The Balaban J connectivity index is 1.97. The lowest BCUT2D eigenvalue weighted by Crippen LogP contribution is -2.27. The summed E-state index contributed by atoms with van der Waals surface area (Å²) in [5, 5.41) is 0. The molecular formula is C21H16-2. The van der Waals surface area contributed by atoms with Gasteiger partial charge in [-0.25, -0.2) is 23.6 Å². The zero-order chi connectivity index (χ0) is 14.1. The molecule has 2 aromatic rings. The van der Waals surface area contributed by atoms with Gasteiger partial charge in [0.05, 0.1) is 0 Å². The van der Waals surface area contributed by atoms with Crippen LogP contribution in [0.15, 0.2) is 96.6 Å². The molecule has 21 heavy (non-hydrogen) atoms. The van der Waals surface area contributed by atoms with Crippen molar-refractivity contribution in [2.24, 2.45) is 0 Å². The smallest absolute Gasteiger partial charge is 0.0300 e. The van der Waals surface area contributed by atoms with Crippen molar-refractivity contribution in [3.05, 3.63) is 120 Å². The predicted octanol–water partition coefficient (Wildman–Crippen LogP) is 4.82. The third kappa shape index (κ3) is 1.76. The van der Waals surface area contributed by atoms with Crippen LogP contribution in [0.25, 0.3) is 0 Å². The molecule has 0 bridgehead atoms. The molecule has 0 heteroatoms. The summed E-state index contributed by atoms with van der Waals surface area (Å²) in [6.45, 7) is 0. The zero-order valence-electron chi connectivity index (χ0n) is 11.7. The van der Waals surface area contributed by atoms with E-state index < -0.39 is 0 Å². The Bertz CT molecular complexity index is 678. The summed E-state index contributed by atoms with van der Waals surface area (Å²) in [4.78, 5) is 0. The van der Waals surface area contributed by atoms with E-state index in [0.717, 1.165) is 0 Å². The van der Waals surface area contributed by atoms with Gasteiger partial charge in [0.1, 0.15) is 0 Å². The standard InChI is InChI=1S/C21H16/c1-3-10-18(11-4-1)21(19-12-5-2-6-13-19)16-15-17-9-7-8-14-20(17)21/h1-16H/q-2. The van der Waals surface area contributed by atoms with Crippen LogP contribution in [0.3, 0.4) is 0 Å². The molecule has 2 aliphatic rings. The van der Waals surface area contributed by atoms with E-state index in [-0.39, 0.29) is 5.41 Å². The number of hydrogen-bond donors (Lipinski definition) is 0. The molecule has 0 aliphatic heterocycles. The lowest BCUT2D eigenvalue weighted by atomic mass is 9.68. The van der Waals surface area contributed by atoms with Gasteiger partial charge >= 0.3 is 0 Å². The summed E-state index contributed by atoms with van der Waals surface area (Å²) in [5.74, 6) is 1.31. The van der Waals surface area contributed by atoms with Crippen molar-refractivity contribution >= 4 is 0 Å². The Morgan fingerprint density at radius 1 is 0.762 bits per heavy atom. The molecule has 0 radical (unpaired) electrons. The number of rotatable bonds is 2. The van der Waals surface area contributed by atoms with E-state index in [9.17, 15) is 0 Å². The van der Waals surface area contributed by atoms with Gasteiger partial charge in [0.25, 0.3) is 0 Å². The molecule has 0 N–H and O–H groups in total. The fraction of sp³-hybridized carbons (Fsp3) is 0.0476. The molecule has 2 aliphatic carbocycles. The summed E-state index contributed by atoms with van der Waals surface area (Å²) in [6.07, 6.45) is 13.3. The molecule has 0 unspecified atom stereocenters. The van der Waals surface area contributed by atoms with Gasteiger partial charge in [-0.2, -0.15) is 6.08 Å². The Morgan fingerprint density at radius 3 is 2.00 bits per heavy atom. The van der Waals surface area contributed by atoms with Gasteiger partial charge in [-0.05, 0) is 5.41 Å². The van der Waals surface area contributed by atoms with Crippen LogP contribution in [-0.2, 0) is 5.41 Å². The molecule has 0 amide bonds. The van der Waals surface area contributed by atoms with Crippen LogP contribution in [0.1, 0.15) is 11.1 Å². The Morgan fingerprint density at radius 2 is 1.38 bits per heavy atom. The molecular weight excluding hydrogens is 252 g/mol. The minimum atomic E-state index is -0.168. The van der Waals surface area contributed by atoms with E-state index in [4.69, 9.17) is 0 Å². The lowest BCUT2D eigenvalue weighted by Gasteiger charge is -2.44. The molecule has 0 heterocycles. The SMILES string of the molecule is C1=C[C-]2C=CC(c3ccccc3)(c3ccccc3)C2=C[CH-]1. The number of hydrogen-bond acceptors (Lipinski definition) is 0. The van der Waals surface area contributed by atoms with Crippen molar-refractivity contribution in [1.82, 2.24) is 0 Å². The molecule has 0 atom stereocenters. The van der Waals surface area contributed by atoms with E-state index >= 15 is 0 Å². The van der Waals surface area contributed by atoms with Crippen molar-refractivity contribution in [1.29, 1.82) is 0 Å². The van der Waals surface area contributed by atoms with Gasteiger partial charge in [0.15, 0.2) is 0 Å². The largest absolute Gasteiger partial charge is 0.253 e. The minimum Gasteiger partial charge on any atom is -0.253 e. The fourth-order valence-corrected chi connectivity index (χ4v) is 3.38. The predicted molar refractivity (Wildman–Crippen MR) is 87.6 cm³/mol. The monoisotopic (exact) mass is 268 g/mol. The molecule has 0 fully saturated rings. The van der Waals surface area contributed by atoms with Crippen LogP contribution in [0.5, 0.6) is 0 Å². The van der Waals surface area contributed by atoms with Gasteiger partial charge in [-0.3, -0.25) is 12.5 Å². The van der Waals surface area contributed by atoms with E-state index in [2.05, 4.69) is 97.5 Å². The first-order valence-electron chi connectivity index (χ1n) is 7.31. The normalized spacial score (nSPS) is 18.1. The first kappa shape index (κ1) is 12.2. The maximum atomic E-state index is 2.34. The molecule has 0 spiro atoms. The van der Waals surface area contributed by atoms with Crippen LogP contribution in [0.4, 0.5) is 0 Å². The summed E-state index contributed by atoms with van der Waals surface area (Å²) < 4.78 is 0. The average Bonchev–Trinajstić information content (AvgIpc) is 2.97. The Kier molecular flexibility index (Phi) is 2.75. The first-order chi connectivity index (χ1) is 10.4. The molecule has 0 saturated carbocycles. The highest BCUT2D eigenvalue weighted by molar-refractivity contribution is 5.68. The fourth-order valence-electron chi connectivity index (χ4n) is 3.38. The number of allylic oxidation sites excluding steroid dienone is 6. The molecule has 2 aromatic carbocycles. The van der Waals surface area contributed by atoms with Gasteiger partial charge in [-0.1, -0.05) is 71.8 Å². The second kappa shape index (κ2) is 4.75. The van der Waals surface area contributed by atoms with Crippen LogP contribution in [-0.4, -0.2) is 0 Å². The molecule has 0 aromatic heterocycles. The highest BCUT2D eigenvalue weighted by atomic mass is 14.4. The van der Waals surface area contributed by atoms with E-state index in [1.165, 1.54) is 22.6 Å². The molecule has 0 saturated heterocycles. The molecule has 0 nitrogen and oxygen atoms in total. The van der Waals surface area contributed by atoms with Crippen molar-refractivity contribution < 1.29 is 0 Å². The third-order valence-corrected chi connectivity index (χ3v) is 4.36. The summed E-state index contributed by atoms with van der Waals surface area (Å²) in [7, 11) is 0. The summed E-state index contributed by atoms with van der Waals surface area (Å²) >= 11 is 0. The number of benzene rings is 2. The van der Waals surface area contributed by atoms with Crippen molar-refractivity contribution in [3.8, 4) is 0 Å². The van der Waals surface area contributed by atoms with E-state index in [1.807, 2.05) is 0 Å². The van der Waals surface area contributed by atoms with Gasteiger partial charge < -0.3 is 0 Å². The van der Waals surface area contributed by atoms with Gasteiger partial charge in [-0.15, -0.1) is 6.08 Å². The van der Waals surface area contributed by atoms with Crippen LogP contribution in [0.2, 0.25) is 0 Å². The summed E-state index contributed by atoms with van der Waals surface area (Å²) in [6, 6.07) is 21.5. The Labute approximate surface area is 126 Å².